The molecule has 1 aromatic heterocycles. The van der Waals surface area contributed by atoms with Gasteiger partial charge in [-0.2, -0.15) is 0 Å². The molecule has 2 heterocycles. The van der Waals surface area contributed by atoms with E-state index in [1.807, 2.05) is 6.92 Å². The van der Waals surface area contributed by atoms with Gasteiger partial charge in [0, 0.05) is 19.3 Å². The summed E-state index contributed by atoms with van der Waals surface area (Å²) >= 11 is 0. The molecule has 0 aromatic carbocycles. The largest absolute Gasteiger partial charge is 0.505 e. The minimum absolute atomic E-state index is 0.00866. The molecule has 0 saturated carbocycles. The number of piperazine rings is 1. The van der Waals surface area contributed by atoms with Gasteiger partial charge in [-0.25, -0.2) is 4.98 Å². The Morgan fingerprint density at radius 3 is 3.11 bits per heavy atom. The maximum absolute atomic E-state index is 12.3. The summed E-state index contributed by atoms with van der Waals surface area (Å²) in [6, 6.07) is 2.46. The summed E-state index contributed by atoms with van der Waals surface area (Å²) in [6.45, 7) is 2.70. The minimum Gasteiger partial charge on any atom is -0.505 e. The Hall–Kier alpha value is -2.11. The highest BCUT2D eigenvalue weighted by Gasteiger charge is 2.33. The van der Waals surface area contributed by atoms with E-state index >= 15 is 0 Å². The van der Waals surface area contributed by atoms with Crippen LogP contribution in [0.5, 0.6) is 5.75 Å². The van der Waals surface area contributed by atoms with Gasteiger partial charge in [-0.05, 0) is 18.6 Å². The normalized spacial score (nSPS) is 19.5. The van der Waals surface area contributed by atoms with Gasteiger partial charge in [-0.15, -0.1) is 0 Å². The van der Waals surface area contributed by atoms with Gasteiger partial charge in [0.15, 0.2) is 5.69 Å². The SMILES string of the molecule is CCC1C(=O)NCCN1C(=O)c1ncccc1O. The van der Waals surface area contributed by atoms with Crippen molar-refractivity contribution in [2.24, 2.45) is 0 Å². The van der Waals surface area contributed by atoms with Gasteiger partial charge in [0.1, 0.15) is 11.8 Å². The summed E-state index contributed by atoms with van der Waals surface area (Å²) in [5, 5.41) is 12.3. The van der Waals surface area contributed by atoms with Gasteiger partial charge in [-0.3, -0.25) is 9.59 Å². The first-order valence-electron chi connectivity index (χ1n) is 5.87. The van der Waals surface area contributed by atoms with Crippen LogP contribution < -0.4 is 5.32 Å². The lowest BCUT2D eigenvalue weighted by Crippen LogP contribution is -2.57. The van der Waals surface area contributed by atoms with E-state index in [0.717, 1.165) is 0 Å². The molecule has 1 fully saturated rings. The van der Waals surface area contributed by atoms with Crippen LogP contribution in [-0.4, -0.2) is 45.9 Å². The number of aromatic nitrogens is 1. The number of nitrogens with one attached hydrogen (secondary N) is 1. The molecule has 1 aliphatic heterocycles. The summed E-state index contributed by atoms with van der Waals surface area (Å²) in [7, 11) is 0. The molecule has 18 heavy (non-hydrogen) atoms. The van der Waals surface area contributed by atoms with Gasteiger partial charge in [0.25, 0.3) is 5.91 Å². The Morgan fingerprint density at radius 1 is 1.67 bits per heavy atom. The minimum atomic E-state index is -0.493. The monoisotopic (exact) mass is 249 g/mol. The lowest BCUT2D eigenvalue weighted by atomic mass is 10.1. The van der Waals surface area contributed by atoms with Crippen molar-refractivity contribution in [3.8, 4) is 5.75 Å². The van der Waals surface area contributed by atoms with E-state index in [0.29, 0.717) is 19.5 Å². The fourth-order valence-electron chi connectivity index (χ4n) is 2.06. The highest BCUT2D eigenvalue weighted by Crippen LogP contribution is 2.18. The van der Waals surface area contributed by atoms with Crippen molar-refractivity contribution >= 4 is 11.8 Å². The van der Waals surface area contributed by atoms with Crippen LogP contribution in [0.15, 0.2) is 18.3 Å². The first-order valence-corrected chi connectivity index (χ1v) is 5.87. The van der Waals surface area contributed by atoms with Crippen molar-refractivity contribution in [2.45, 2.75) is 19.4 Å². The summed E-state index contributed by atoms with van der Waals surface area (Å²) in [5.41, 5.74) is -0.00866. The lowest BCUT2D eigenvalue weighted by molar-refractivity contribution is -0.127. The van der Waals surface area contributed by atoms with E-state index in [-0.39, 0.29) is 17.4 Å². The number of hydrogen-bond donors (Lipinski definition) is 2. The number of aromatic hydroxyl groups is 1. The quantitative estimate of drug-likeness (QED) is 0.781. The topological polar surface area (TPSA) is 82.5 Å². The average Bonchev–Trinajstić information content (AvgIpc) is 2.38. The third kappa shape index (κ3) is 2.13. The molecular formula is C12H15N3O3. The molecule has 1 atom stereocenters. The van der Waals surface area contributed by atoms with Crippen LogP contribution in [0, 0.1) is 0 Å². The second kappa shape index (κ2) is 5.03. The van der Waals surface area contributed by atoms with E-state index in [2.05, 4.69) is 10.3 Å². The maximum Gasteiger partial charge on any atom is 0.277 e. The van der Waals surface area contributed by atoms with Crippen LogP contribution in [0.3, 0.4) is 0 Å². The fourth-order valence-corrected chi connectivity index (χ4v) is 2.06. The van der Waals surface area contributed by atoms with E-state index in [1.165, 1.54) is 17.2 Å². The Bertz CT molecular complexity index is 475. The fraction of sp³-hybridized carbons (Fsp3) is 0.417. The predicted molar refractivity (Wildman–Crippen MR) is 64.0 cm³/mol. The molecule has 96 valence electrons. The Morgan fingerprint density at radius 2 is 2.44 bits per heavy atom. The zero-order valence-electron chi connectivity index (χ0n) is 10.1. The molecule has 0 bridgehead atoms. The number of carbonyl (C=O) groups is 2. The molecule has 0 radical (unpaired) electrons. The number of amides is 2. The van der Waals surface area contributed by atoms with Crippen LogP contribution in [0.2, 0.25) is 0 Å². The molecule has 0 aliphatic carbocycles. The van der Waals surface area contributed by atoms with Crippen molar-refractivity contribution in [1.82, 2.24) is 15.2 Å². The zero-order valence-corrected chi connectivity index (χ0v) is 10.1. The highest BCUT2D eigenvalue weighted by molar-refractivity contribution is 5.98. The van der Waals surface area contributed by atoms with Crippen molar-refractivity contribution < 1.29 is 14.7 Å². The molecule has 1 saturated heterocycles. The van der Waals surface area contributed by atoms with E-state index < -0.39 is 11.9 Å². The average molecular weight is 249 g/mol. The third-order valence-corrected chi connectivity index (χ3v) is 2.97. The molecule has 1 aliphatic rings. The van der Waals surface area contributed by atoms with Crippen molar-refractivity contribution in [3.63, 3.8) is 0 Å². The van der Waals surface area contributed by atoms with Crippen LogP contribution in [0.4, 0.5) is 0 Å². The van der Waals surface area contributed by atoms with E-state index in [4.69, 9.17) is 0 Å². The molecule has 1 aromatic rings. The standard InChI is InChI=1S/C12H15N3O3/c1-2-8-11(17)14-6-7-15(8)12(18)10-9(16)4-3-5-13-10/h3-5,8,16H,2,6-7H2,1H3,(H,14,17). The summed E-state index contributed by atoms with van der Waals surface area (Å²) in [5.74, 6) is -0.731. The predicted octanol–water partition coefficient (Wildman–Crippen LogP) is 0.138. The first kappa shape index (κ1) is 12.3. The number of nitrogens with zero attached hydrogens (tertiary/aromatic N) is 2. The molecular weight excluding hydrogens is 234 g/mol. The first-order chi connectivity index (χ1) is 8.65. The Balaban J connectivity index is 2.27. The molecule has 2 amide bonds. The number of rotatable bonds is 2. The second-order valence-electron chi connectivity index (χ2n) is 4.08. The van der Waals surface area contributed by atoms with Crippen LogP contribution in [0.1, 0.15) is 23.8 Å². The number of carbonyl (C=O) groups excluding carboxylic acids is 2. The third-order valence-electron chi connectivity index (χ3n) is 2.97. The molecule has 0 spiro atoms. The lowest BCUT2D eigenvalue weighted by Gasteiger charge is -2.34. The number of pyridine rings is 1. The van der Waals surface area contributed by atoms with E-state index in [1.54, 1.807) is 6.07 Å². The van der Waals surface area contributed by atoms with Crippen LogP contribution in [-0.2, 0) is 4.79 Å². The molecule has 2 N–H and O–H groups in total. The number of hydrogen-bond acceptors (Lipinski definition) is 4. The molecule has 6 heteroatoms. The van der Waals surface area contributed by atoms with E-state index in [9.17, 15) is 14.7 Å². The van der Waals surface area contributed by atoms with Gasteiger partial charge >= 0.3 is 0 Å². The van der Waals surface area contributed by atoms with Crippen LogP contribution in [0.25, 0.3) is 0 Å². The molecule has 2 rings (SSSR count). The van der Waals surface area contributed by atoms with Gasteiger partial charge in [0.05, 0.1) is 0 Å². The van der Waals surface area contributed by atoms with Crippen LogP contribution >= 0.6 is 0 Å². The van der Waals surface area contributed by atoms with Gasteiger partial charge < -0.3 is 15.3 Å². The molecule has 1 unspecified atom stereocenters. The molecule has 6 nitrogen and oxygen atoms in total. The smallest absolute Gasteiger partial charge is 0.277 e. The maximum atomic E-state index is 12.3. The highest BCUT2D eigenvalue weighted by atomic mass is 16.3. The summed E-state index contributed by atoms with van der Waals surface area (Å²) < 4.78 is 0. The summed E-state index contributed by atoms with van der Waals surface area (Å²) in [6.07, 6.45) is 1.98. The Kier molecular flexibility index (Phi) is 3.45. The second-order valence-corrected chi connectivity index (χ2v) is 4.08. The zero-order chi connectivity index (χ0) is 13.1. The van der Waals surface area contributed by atoms with Crippen molar-refractivity contribution in [1.29, 1.82) is 0 Å². The van der Waals surface area contributed by atoms with Gasteiger partial charge in [0.2, 0.25) is 5.91 Å². The summed E-state index contributed by atoms with van der Waals surface area (Å²) in [4.78, 5) is 29.3. The van der Waals surface area contributed by atoms with Crippen molar-refractivity contribution in [3.05, 3.63) is 24.0 Å². The Labute approximate surface area is 105 Å². The van der Waals surface area contributed by atoms with Gasteiger partial charge in [-0.1, -0.05) is 6.92 Å². The van der Waals surface area contributed by atoms with Crippen molar-refractivity contribution in [2.75, 3.05) is 13.1 Å².